The number of benzene rings is 1. The van der Waals surface area contributed by atoms with E-state index >= 15 is 0 Å². The Hall–Kier alpha value is -1.12. The zero-order chi connectivity index (χ0) is 15.1. The summed E-state index contributed by atoms with van der Waals surface area (Å²) >= 11 is 0. The predicted molar refractivity (Wildman–Crippen MR) is 74.3 cm³/mol. The van der Waals surface area contributed by atoms with E-state index in [2.05, 4.69) is 0 Å². The first kappa shape index (κ1) is 15.3. The van der Waals surface area contributed by atoms with Crippen LogP contribution in [0.2, 0.25) is 0 Å². The highest BCUT2D eigenvalue weighted by Gasteiger charge is 2.29. The van der Waals surface area contributed by atoms with Gasteiger partial charge in [-0.15, -0.1) is 0 Å². The Morgan fingerprint density at radius 3 is 2.15 bits per heavy atom. The van der Waals surface area contributed by atoms with Gasteiger partial charge in [0, 0.05) is 18.6 Å². The van der Waals surface area contributed by atoms with Gasteiger partial charge in [0.1, 0.15) is 16.7 Å². The molecule has 2 N–H and O–H groups in total. The molecule has 8 heteroatoms. The number of sulfone groups is 2. The molecule has 0 radical (unpaired) electrons. The van der Waals surface area contributed by atoms with Crippen LogP contribution in [0, 0.1) is 0 Å². The minimum absolute atomic E-state index is 0.0458. The fraction of sp³-hybridized carbons (Fsp3) is 0.500. The summed E-state index contributed by atoms with van der Waals surface area (Å²) in [6.07, 6.45) is 3.26. The molecule has 6 nitrogen and oxygen atoms in total. The minimum Gasteiger partial charge on any atom is -0.489 e. The lowest BCUT2D eigenvalue weighted by molar-refractivity contribution is 0.0976. The Kier molecular flexibility index (Phi) is 3.83. The first-order valence-corrected chi connectivity index (χ1v) is 9.82. The maximum Gasteiger partial charge on any atom is 0.179 e. The Balaban J connectivity index is 2.41. The highest BCUT2D eigenvalue weighted by Crippen LogP contribution is 2.31. The summed E-state index contributed by atoms with van der Waals surface area (Å²) in [5.74, 6) is 0.178. The van der Waals surface area contributed by atoms with E-state index < -0.39 is 19.7 Å². The van der Waals surface area contributed by atoms with Crippen LogP contribution in [-0.2, 0) is 19.7 Å². The fourth-order valence-corrected chi connectivity index (χ4v) is 3.53. The normalized spacial score (nSPS) is 23.1. The lowest BCUT2D eigenvalue weighted by Gasteiger charge is -2.33. The van der Waals surface area contributed by atoms with Crippen LogP contribution in [0.3, 0.4) is 0 Å². The van der Waals surface area contributed by atoms with Gasteiger partial charge >= 0.3 is 0 Å². The summed E-state index contributed by atoms with van der Waals surface area (Å²) in [7, 11) is -7.05. The standard InChI is InChI=1S/C12H17NO5S2/c1-19(14,15)10-3-4-11(12(7-10)20(2,16)17)18-9-5-8(13)6-9/h3-4,7-9H,5-6,13H2,1-2H3. The Morgan fingerprint density at radius 1 is 1.10 bits per heavy atom. The molecule has 112 valence electrons. The summed E-state index contributed by atoms with van der Waals surface area (Å²) in [6.45, 7) is 0. The lowest BCUT2D eigenvalue weighted by Crippen LogP contribution is -2.43. The second-order valence-electron chi connectivity index (χ2n) is 5.12. The van der Waals surface area contributed by atoms with Crippen molar-refractivity contribution >= 4 is 19.7 Å². The summed E-state index contributed by atoms with van der Waals surface area (Å²) in [4.78, 5) is -0.156. The van der Waals surface area contributed by atoms with Crippen LogP contribution < -0.4 is 10.5 Å². The van der Waals surface area contributed by atoms with Crippen molar-refractivity contribution in [3.05, 3.63) is 18.2 Å². The van der Waals surface area contributed by atoms with Crippen molar-refractivity contribution in [1.29, 1.82) is 0 Å². The number of ether oxygens (including phenoxy) is 1. The van der Waals surface area contributed by atoms with Gasteiger partial charge < -0.3 is 10.5 Å². The van der Waals surface area contributed by atoms with Gasteiger partial charge in [0.15, 0.2) is 19.7 Å². The van der Waals surface area contributed by atoms with Crippen molar-refractivity contribution in [2.75, 3.05) is 12.5 Å². The molecule has 1 aliphatic carbocycles. The van der Waals surface area contributed by atoms with Gasteiger partial charge in [0.05, 0.1) is 4.90 Å². The number of hydrogen-bond acceptors (Lipinski definition) is 6. The zero-order valence-corrected chi connectivity index (χ0v) is 12.9. The van der Waals surface area contributed by atoms with Crippen molar-refractivity contribution in [3.8, 4) is 5.75 Å². The molecule has 1 aliphatic rings. The highest BCUT2D eigenvalue weighted by molar-refractivity contribution is 7.91. The molecule has 0 unspecified atom stereocenters. The average Bonchev–Trinajstić information content (AvgIpc) is 2.24. The van der Waals surface area contributed by atoms with E-state index in [1.807, 2.05) is 0 Å². The molecule has 0 atom stereocenters. The molecular weight excluding hydrogens is 302 g/mol. The molecule has 1 aromatic carbocycles. The molecule has 0 aliphatic heterocycles. The summed E-state index contributed by atoms with van der Waals surface area (Å²) < 4.78 is 52.2. The van der Waals surface area contributed by atoms with E-state index in [4.69, 9.17) is 10.5 Å². The number of hydrogen-bond donors (Lipinski definition) is 1. The Morgan fingerprint density at radius 2 is 1.70 bits per heavy atom. The minimum atomic E-state index is -3.58. The average molecular weight is 319 g/mol. The predicted octanol–water partition coefficient (Wildman–Crippen LogP) is 0.362. The van der Waals surface area contributed by atoms with Gasteiger partial charge in [-0.1, -0.05) is 0 Å². The van der Waals surface area contributed by atoms with E-state index in [-0.39, 0.29) is 27.7 Å². The van der Waals surface area contributed by atoms with Crippen LogP contribution in [-0.4, -0.2) is 41.5 Å². The van der Waals surface area contributed by atoms with Crippen molar-refractivity contribution in [2.24, 2.45) is 5.73 Å². The molecule has 1 aromatic rings. The van der Waals surface area contributed by atoms with Gasteiger partial charge in [-0.05, 0) is 31.0 Å². The van der Waals surface area contributed by atoms with Crippen molar-refractivity contribution in [1.82, 2.24) is 0 Å². The molecule has 0 saturated heterocycles. The van der Waals surface area contributed by atoms with Gasteiger partial charge in [0.2, 0.25) is 0 Å². The zero-order valence-electron chi connectivity index (χ0n) is 11.2. The highest BCUT2D eigenvalue weighted by atomic mass is 32.2. The maximum absolute atomic E-state index is 11.8. The summed E-state index contributed by atoms with van der Waals surface area (Å²) in [5, 5.41) is 0. The number of nitrogens with two attached hydrogens (primary N) is 1. The topological polar surface area (TPSA) is 104 Å². The maximum atomic E-state index is 11.8. The van der Waals surface area contributed by atoms with Crippen LogP contribution >= 0.6 is 0 Å². The van der Waals surface area contributed by atoms with Crippen LogP contribution in [0.25, 0.3) is 0 Å². The van der Waals surface area contributed by atoms with E-state index in [0.29, 0.717) is 12.8 Å². The molecule has 20 heavy (non-hydrogen) atoms. The molecule has 0 amide bonds. The third-order valence-electron chi connectivity index (χ3n) is 3.17. The smallest absolute Gasteiger partial charge is 0.179 e. The molecule has 0 aromatic heterocycles. The Labute approximate surface area is 118 Å². The summed E-state index contributed by atoms with van der Waals surface area (Å²) in [6, 6.07) is 3.95. The third kappa shape index (κ3) is 3.31. The molecule has 1 fully saturated rings. The van der Waals surface area contributed by atoms with Crippen LogP contribution in [0.1, 0.15) is 12.8 Å². The molecule has 0 bridgehead atoms. The number of rotatable bonds is 4. The van der Waals surface area contributed by atoms with Crippen LogP contribution in [0.15, 0.2) is 28.0 Å². The molecular formula is C12H17NO5S2. The first-order valence-electron chi connectivity index (χ1n) is 6.04. The molecule has 1 saturated carbocycles. The lowest BCUT2D eigenvalue weighted by atomic mass is 9.90. The van der Waals surface area contributed by atoms with Crippen LogP contribution in [0.5, 0.6) is 5.75 Å². The van der Waals surface area contributed by atoms with Crippen molar-refractivity contribution in [2.45, 2.75) is 34.8 Å². The van der Waals surface area contributed by atoms with E-state index in [0.717, 1.165) is 18.6 Å². The van der Waals surface area contributed by atoms with Gasteiger partial charge in [-0.3, -0.25) is 0 Å². The fourth-order valence-electron chi connectivity index (χ4n) is 1.99. The third-order valence-corrected chi connectivity index (χ3v) is 5.40. The largest absolute Gasteiger partial charge is 0.489 e. The van der Waals surface area contributed by atoms with Crippen molar-refractivity contribution in [3.63, 3.8) is 0 Å². The van der Waals surface area contributed by atoms with Gasteiger partial charge in [-0.25, -0.2) is 16.8 Å². The quantitative estimate of drug-likeness (QED) is 0.859. The van der Waals surface area contributed by atoms with E-state index in [1.165, 1.54) is 12.1 Å². The molecule has 0 spiro atoms. The molecule has 0 heterocycles. The second kappa shape index (κ2) is 5.01. The van der Waals surface area contributed by atoms with E-state index in [9.17, 15) is 16.8 Å². The monoisotopic (exact) mass is 319 g/mol. The van der Waals surface area contributed by atoms with Crippen LogP contribution in [0.4, 0.5) is 0 Å². The van der Waals surface area contributed by atoms with Gasteiger partial charge in [-0.2, -0.15) is 0 Å². The van der Waals surface area contributed by atoms with Gasteiger partial charge in [0.25, 0.3) is 0 Å². The van der Waals surface area contributed by atoms with Crippen molar-refractivity contribution < 1.29 is 21.6 Å². The first-order chi connectivity index (χ1) is 9.07. The van der Waals surface area contributed by atoms with E-state index in [1.54, 1.807) is 0 Å². The summed E-state index contributed by atoms with van der Waals surface area (Å²) in [5.41, 5.74) is 5.65. The Bertz CT molecular complexity index is 718. The SMILES string of the molecule is CS(=O)(=O)c1ccc(OC2CC(N)C2)c(S(C)(=O)=O)c1. The molecule has 2 rings (SSSR count). The second-order valence-corrected chi connectivity index (χ2v) is 9.12.